The summed E-state index contributed by atoms with van der Waals surface area (Å²) >= 11 is 7.48. The van der Waals surface area contributed by atoms with Crippen molar-refractivity contribution < 1.29 is 5.11 Å². The van der Waals surface area contributed by atoms with Crippen molar-refractivity contribution in [2.75, 3.05) is 5.32 Å². The zero-order valence-corrected chi connectivity index (χ0v) is 17.4. The Morgan fingerprint density at radius 2 is 2.14 bits per heavy atom. The van der Waals surface area contributed by atoms with Crippen molar-refractivity contribution in [3.63, 3.8) is 0 Å². The lowest BCUT2D eigenvalue weighted by atomic mass is 10.2. The molecule has 0 fully saturated rings. The van der Waals surface area contributed by atoms with Crippen LogP contribution < -0.4 is 21.4 Å². The first-order valence-electron chi connectivity index (χ1n) is 9.11. The number of para-hydroxylation sites is 1. The van der Waals surface area contributed by atoms with Gasteiger partial charge in [0.2, 0.25) is 5.13 Å². The van der Waals surface area contributed by atoms with Crippen LogP contribution in [0.3, 0.4) is 0 Å². The summed E-state index contributed by atoms with van der Waals surface area (Å²) in [5.74, 6) is 0.0526. The molecule has 2 heterocycles. The molecule has 0 spiro atoms. The van der Waals surface area contributed by atoms with Gasteiger partial charge in [-0.15, -0.1) is 0 Å². The third kappa shape index (κ3) is 3.66. The zero-order valence-electron chi connectivity index (χ0n) is 15.9. The Morgan fingerprint density at radius 3 is 2.90 bits per heavy atom. The van der Waals surface area contributed by atoms with E-state index in [4.69, 9.17) is 11.6 Å². The average Bonchev–Trinajstić information content (AvgIpc) is 3.26. The SMILES string of the molecule is CC/C=c1\[nH]n(-c2nc3ccccc3s2)c(=O)\c1=C(/C)Nc1cc(Cl)ccc1O. The number of fused-ring (bicyclic) bond motifs is 1. The van der Waals surface area contributed by atoms with Crippen molar-refractivity contribution >= 4 is 50.6 Å². The van der Waals surface area contributed by atoms with Gasteiger partial charge >= 0.3 is 0 Å². The first-order chi connectivity index (χ1) is 14.0. The monoisotopic (exact) mass is 426 g/mol. The maximum atomic E-state index is 13.3. The minimum atomic E-state index is -0.213. The number of H-pyrrole nitrogens is 1. The van der Waals surface area contributed by atoms with Gasteiger partial charge in [0.05, 0.1) is 26.5 Å². The van der Waals surface area contributed by atoms with E-state index in [9.17, 15) is 9.90 Å². The number of nitrogens with zero attached hydrogens (tertiary/aromatic N) is 2. The number of aromatic nitrogens is 3. The summed E-state index contributed by atoms with van der Waals surface area (Å²) in [7, 11) is 0. The number of hydrogen-bond acceptors (Lipinski definition) is 5. The van der Waals surface area contributed by atoms with E-state index < -0.39 is 0 Å². The third-order valence-electron chi connectivity index (χ3n) is 4.46. The number of rotatable bonds is 4. The zero-order chi connectivity index (χ0) is 20.5. The molecule has 0 amide bonds. The lowest BCUT2D eigenvalue weighted by Crippen LogP contribution is -2.38. The number of aromatic amines is 1. The number of anilines is 1. The van der Waals surface area contributed by atoms with E-state index >= 15 is 0 Å². The lowest BCUT2D eigenvalue weighted by molar-refractivity contribution is 0.478. The van der Waals surface area contributed by atoms with Crippen molar-refractivity contribution in [2.24, 2.45) is 0 Å². The minimum Gasteiger partial charge on any atom is -0.506 e. The van der Waals surface area contributed by atoms with Gasteiger partial charge in [-0.2, -0.15) is 4.68 Å². The first-order valence-corrected chi connectivity index (χ1v) is 10.3. The fourth-order valence-corrected chi connectivity index (χ4v) is 4.23. The van der Waals surface area contributed by atoms with Crippen LogP contribution in [0, 0.1) is 0 Å². The van der Waals surface area contributed by atoms with Crippen LogP contribution in [0.5, 0.6) is 5.75 Å². The molecule has 0 bridgehead atoms. The number of aromatic hydroxyl groups is 1. The van der Waals surface area contributed by atoms with E-state index in [1.54, 1.807) is 19.1 Å². The summed E-state index contributed by atoms with van der Waals surface area (Å²) in [4.78, 5) is 17.8. The van der Waals surface area contributed by atoms with Crippen LogP contribution in [0.25, 0.3) is 27.1 Å². The Morgan fingerprint density at radius 1 is 1.34 bits per heavy atom. The molecule has 0 aliphatic heterocycles. The van der Waals surface area contributed by atoms with Crippen molar-refractivity contribution in [1.82, 2.24) is 14.8 Å². The van der Waals surface area contributed by atoms with Gasteiger partial charge in [0.15, 0.2) is 0 Å². The summed E-state index contributed by atoms with van der Waals surface area (Å²) in [6.07, 6.45) is 2.70. The van der Waals surface area contributed by atoms with Crippen molar-refractivity contribution in [2.45, 2.75) is 20.3 Å². The van der Waals surface area contributed by atoms with E-state index in [0.29, 0.717) is 32.1 Å². The Kier molecular flexibility index (Phi) is 5.17. The molecule has 0 saturated carbocycles. The second-order valence-corrected chi connectivity index (χ2v) is 7.97. The summed E-state index contributed by atoms with van der Waals surface area (Å²) < 4.78 is 2.47. The minimum absolute atomic E-state index is 0.0526. The molecule has 4 rings (SSSR count). The largest absolute Gasteiger partial charge is 0.506 e. The molecule has 148 valence electrons. The summed E-state index contributed by atoms with van der Waals surface area (Å²) in [6, 6.07) is 12.5. The topological polar surface area (TPSA) is 82.9 Å². The van der Waals surface area contributed by atoms with E-state index in [-0.39, 0.29) is 11.3 Å². The van der Waals surface area contributed by atoms with Crippen LogP contribution in [0.15, 0.2) is 47.3 Å². The van der Waals surface area contributed by atoms with Gasteiger partial charge < -0.3 is 10.4 Å². The fourth-order valence-electron chi connectivity index (χ4n) is 3.13. The number of benzene rings is 2. The van der Waals surface area contributed by atoms with Gasteiger partial charge in [0.25, 0.3) is 5.56 Å². The highest BCUT2D eigenvalue weighted by molar-refractivity contribution is 7.20. The molecule has 0 atom stereocenters. The first kappa shape index (κ1) is 19.3. The predicted molar refractivity (Wildman–Crippen MR) is 119 cm³/mol. The Labute approximate surface area is 175 Å². The van der Waals surface area contributed by atoms with Crippen molar-refractivity contribution in [3.8, 4) is 10.9 Å². The van der Waals surface area contributed by atoms with E-state index in [1.165, 1.54) is 22.1 Å². The van der Waals surface area contributed by atoms with Crippen molar-refractivity contribution in [1.29, 1.82) is 0 Å². The molecule has 8 heteroatoms. The summed E-state index contributed by atoms with van der Waals surface area (Å²) in [5, 5.41) is 18.6. The van der Waals surface area contributed by atoms with Crippen LogP contribution in [0.4, 0.5) is 5.69 Å². The Balaban J connectivity index is 1.91. The fraction of sp³-hybridized carbons (Fsp3) is 0.143. The van der Waals surface area contributed by atoms with Crippen LogP contribution in [0.1, 0.15) is 20.3 Å². The molecule has 0 aliphatic rings. The highest BCUT2D eigenvalue weighted by Crippen LogP contribution is 2.27. The van der Waals surface area contributed by atoms with E-state index in [2.05, 4.69) is 15.4 Å². The molecule has 4 aromatic rings. The number of nitrogens with one attached hydrogen (secondary N) is 2. The Hall–Kier alpha value is -3.03. The molecule has 3 N–H and O–H groups in total. The lowest BCUT2D eigenvalue weighted by Gasteiger charge is -2.08. The van der Waals surface area contributed by atoms with Gasteiger partial charge in [0.1, 0.15) is 5.75 Å². The van der Waals surface area contributed by atoms with Crippen molar-refractivity contribution in [3.05, 3.63) is 68.4 Å². The van der Waals surface area contributed by atoms with E-state index in [0.717, 1.165) is 16.6 Å². The van der Waals surface area contributed by atoms with Crippen LogP contribution in [0.2, 0.25) is 5.02 Å². The van der Waals surface area contributed by atoms with Gasteiger partial charge in [-0.3, -0.25) is 9.89 Å². The normalized spacial score (nSPS) is 13.1. The molecule has 0 saturated heterocycles. The highest BCUT2D eigenvalue weighted by atomic mass is 35.5. The van der Waals surface area contributed by atoms with Gasteiger partial charge in [0, 0.05) is 10.7 Å². The number of thiazole rings is 1. The molecular formula is C21H19ClN4O2S. The molecular weight excluding hydrogens is 408 g/mol. The molecule has 0 radical (unpaired) electrons. The highest BCUT2D eigenvalue weighted by Gasteiger charge is 2.13. The van der Waals surface area contributed by atoms with Crippen LogP contribution in [-0.4, -0.2) is 19.9 Å². The molecule has 2 aromatic carbocycles. The molecule has 0 unspecified atom stereocenters. The predicted octanol–water partition coefficient (Wildman–Crippen LogP) is 3.57. The number of phenols is 1. The van der Waals surface area contributed by atoms with Gasteiger partial charge in [-0.05, 0) is 43.7 Å². The number of hydrogen-bond donors (Lipinski definition) is 3. The average molecular weight is 427 g/mol. The number of phenolic OH excluding ortho intramolecular Hbond substituents is 1. The smallest absolute Gasteiger partial charge is 0.282 e. The maximum absolute atomic E-state index is 13.3. The Bertz CT molecular complexity index is 1350. The standard InChI is InChI=1S/C21H19ClN4O2S/c1-3-6-15-19(12(2)23-16-11-13(22)9-10-17(16)27)20(28)26(25-15)21-24-14-7-4-5-8-18(14)29-21/h4-11,23,25,27H,3H2,1-2H3/b15-6-,19-12+. The van der Waals surface area contributed by atoms with Gasteiger partial charge in [-0.1, -0.05) is 48.1 Å². The van der Waals surface area contributed by atoms with Gasteiger partial charge in [-0.25, -0.2) is 4.98 Å². The quantitative estimate of drug-likeness (QED) is 0.436. The molecule has 0 aliphatic carbocycles. The molecule has 29 heavy (non-hydrogen) atoms. The third-order valence-corrected chi connectivity index (χ3v) is 5.71. The summed E-state index contributed by atoms with van der Waals surface area (Å²) in [6.45, 7) is 3.79. The maximum Gasteiger partial charge on any atom is 0.282 e. The molecule has 6 nitrogen and oxygen atoms in total. The van der Waals surface area contributed by atoms with Crippen LogP contribution >= 0.6 is 22.9 Å². The second kappa shape index (κ2) is 7.77. The molecule has 2 aromatic heterocycles. The number of halogens is 1. The summed E-state index contributed by atoms with van der Waals surface area (Å²) in [5.41, 5.74) is 1.67. The van der Waals surface area contributed by atoms with E-state index in [1.807, 2.05) is 37.3 Å². The second-order valence-electron chi connectivity index (χ2n) is 6.53. The van der Waals surface area contributed by atoms with Crippen LogP contribution in [-0.2, 0) is 0 Å².